The predicted molar refractivity (Wildman–Crippen MR) is 36.1 cm³/mol. The third-order valence-corrected chi connectivity index (χ3v) is 1.34. The van der Waals surface area contributed by atoms with Gasteiger partial charge in [0.2, 0.25) is 0 Å². The van der Waals surface area contributed by atoms with Gasteiger partial charge in [-0.2, -0.15) is 0 Å². The molecule has 5 heteroatoms. The van der Waals surface area contributed by atoms with Gasteiger partial charge in [-0.15, -0.1) is 0 Å². The molecular weight excluding hydrogens is 193 g/mol. The Morgan fingerprint density at radius 2 is 2.50 bits per heavy atom. The normalized spacial score (nSPS) is 27.8. The lowest BCUT2D eigenvalue weighted by molar-refractivity contribution is 0.516. The van der Waals surface area contributed by atoms with Crippen LogP contribution in [0, 0.1) is 0 Å². The lowest BCUT2D eigenvalue weighted by Crippen LogP contribution is -2.46. The molecule has 0 bridgehead atoms. The van der Waals surface area contributed by atoms with Crippen LogP contribution in [0.1, 0.15) is 0 Å². The van der Waals surface area contributed by atoms with Crippen molar-refractivity contribution in [3.63, 3.8) is 0 Å². The largest absolute Gasteiger partial charge is 0.360 e. The summed E-state index contributed by atoms with van der Waals surface area (Å²) in [6.45, 7) is 0. The molecule has 3 nitrogen and oxygen atoms in total. The second-order valence-corrected chi connectivity index (χ2v) is 2.58. The van der Waals surface area contributed by atoms with Gasteiger partial charge in [0.15, 0.2) is 5.62 Å². The monoisotopic (exact) mass is 197 g/mol. The maximum Gasteiger partial charge on any atom is 0.171 e. The molecule has 0 fully saturated rings. The number of hydrogen-bond acceptors (Lipinski definition) is 3. The Bertz CT molecular complexity index is 115. The van der Waals surface area contributed by atoms with Crippen molar-refractivity contribution in [2.75, 3.05) is 0 Å². The van der Waals surface area contributed by atoms with E-state index >= 15 is 0 Å². The van der Waals surface area contributed by atoms with Crippen LogP contribution < -0.4 is 16.2 Å². The van der Waals surface area contributed by atoms with Crippen LogP contribution in [-0.4, -0.2) is 5.62 Å². The molecule has 0 aliphatic carbocycles. The molecule has 0 aromatic rings. The number of nitrogens with one attached hydrogen (secondary N) is 3. The lowest BCUT2D eigenvalue weighted by Gasteiger charge is -2.18. The van der Waals surface area contributed by atoms with Crippen molar-refractivity contribution >= 4 is 27.5 Å². The summed E-state index contributed by atoms with van der Waals surface area (Å²) in [6.07, 6.45) is 1.73. The highest BCUT2D eigenvalue weighted by molar-refractivity contribution is 9.11. The number of alkyl halides is 1. The SMILES string of the molecule is ClC1NC=C(Br)NN1. The van der Waals surface area contributed by atoms with Crippen molar-refractivity contribution < 1.29 is 0 Å². The fourth-order valence-corrected chi connectivity index (χ4v) is 0.721. The Morgan fingerprint density at radius 3 is 2.88 bits per heavy atom. The van der Waals surface area contributed by atoms with E-state index in [0.29, 0.717) is 0 Å². The van der Waals surface area contributed by atoms with Gasteiger partial charge in [0.25, 0.3) is 0 Å². The van der Waals surface area contributed by atoms with Gasteiger partial charge >= 0.3 is 0 Å². The van der Waals surface area contributed by atoms with Gasteiger partial charge in [-0.05, 0) is 15.9 Å². The molecule has 0 aromatic heterocycles. The molecule has 3 N–H and O–H groups in total. The Morgan fingerprint density at radius 1 is 1.75 bits per heavy atom. The number of hydrogen-bond donors (Lipinski definition) is 3. The van der Waals surface area contributed by atoms with Gasteiger partial charge in [-0.25, -0.2) is 5.43 Å². The zero-order chi connectivity index (χ0) is 5.98. The van der Waals surface area contributed by atoms with Crippen LogP contribution in [-0.2, 0) is 0 Å². The van der Waals surface area contributed by atoms with E-state index in [1.54, 1.807) is 6.20 Å². The van der Waals surface area contributed by atoms with Crippen LogP contribution in [0.3, 0.4) is 0 Å². The zero-order valence-corrected chi connectivity index (χ0v) is 6.25. The molecule has 1 rings (SSSR count). The molecule has 1 unspecified atom stereocenters. The van der Waals surface area contributed by atoms with E-state index < -0.39 is 0 Å². The molecule has 8 heavy (non-hydrogen) atoms. The first-order valence-corrected chi connectivity index (χ1v) is 3.29. The summed E-state index contributed by atoms with van der Waals surface area (Å²) in [5, 5.41) is 2.81. The number of rotatable bonds is 0. The van der Waals surface area contributed by atoms with Crippen LogP contribution in [0.25, 0.3) is 0 Å². The molecule has 0 spiro atoms. The van der Waals surface area contributed by atoms with E-state index in [1.165, 1.54) is 0 Å². The molecule has 1 aliphatic heterocycles. The van der Waals surface area contributed by atoms with Crippen LogP contribution >= 0.6 is 27.5 Å². The number of hydrazine groups is 1. The molecule has 0 saturated carbocycles. The first-order chi connectivity index (χ1) is 3.79. The summed E-state index contributed by atoms with van der Waals surface area (Å²) in [5.74, 6) is 0. The van der Waals surface area contributed by atoms with Crippen LogP contribution in [0.15, 0.2) is 10.8 Å². The first-order valence-electron chi connectivity index (χ1n) is 2.06. The van der Waals surface area contributed by atoms with E-state index in [9.17, 15) is 0 Å². The Balaban J connectivity index is 2.42. The lowest BCUT2D eigenvalue weighted by atomic mass is 10.8. The smallest absolute Gasteiger partial charge is 0.171 e. The fraction of sp³-hybridized carbons (Fsp3) is 0.333. The van der Waals surface area contributed by atoms with Gasteiger partial charge in [0.1, 0.15) is 4.61 Å². The minimum atomic E-state index is -0.226. The average Bonchev–Trinajstić information content (AvgIpc) is 1.77. The van der Waals surface area contributed by atoms with E-state index in [-0.39, 0.29) is 5.62 Å². The Hall–Kier alpha value is 0.0700. The molecule has 1 aliphatic rings. The van der Waals surface area contributed by atoms with Crippen molar-refractivity contribution in [2.24, 2.45) is 0 Å². The molecular formula is C3H5BrClN3. The standard InChI is InChI=1S/C3H5BrClN3/c4-2-1-6-3(5)8-7-2/h1,3,6-8H. The van der Waals surface area contributed by atoms with Crippen molar-refractivity contribution in [3.05, 3.63) is 10.8 Å². The van der Waals surface area contributed by atoms with Crippen molar-refractivity contribution in [3.8, 4) is 0 Å². The molecule has 0 radical (unpaired) electrons. The quantitative estimate of drug-likeness (QED) is 0.390. The Labute approximate surface area is 60.6 Å². The summed E-state index contributed by atoms with van der Waals surface area (Å²) in [6, 6.07) is 0. The van der Waals surface area contributed by atoms with E-state index in [0.717, 1.165) is 4.61 Å². The third kappa shape index (κ3) is 1.54. The summed E-state index contributed by atoms with van der Waals surface area (Å²) in [5.41, 5.74) is 5.26. The van der Waals surface area contributed by atoms with E-state index in [2.05, 4.69) is 32.1 Å². The summed E-state index contributed by atoms with van der Waals surface area (Å²) in [4.78, 5) is 0. The maximum atomic E-state index is 5.53. The van der Waals surface area contributed by atoms with Crippen molar-refractivity contribution in [1.29, 1.82) is 0 Å². The highest BCUT2D eigenvalue weighted by Crippen LogP contribution is 2.00. The molecule has 1 atom stereocenters. The van der Waals surface area contributed by atoms with Gasteiger partial charge in [0, 0.05) is 6.20 Å². The topological polar surface area (TPSA) is 36.1 Å². The fourth-order valence-electron chi connectivity index (χ4n) is 0.356. The number of halogens is 2. The van der Waals surface area contributed by atoms with Gasteiger partial charge in [-0.1, -0.05) is 11.6 Å². The van der Waals surface area contributed by atoms with Gasteiger partial charge < -0.3 is 10.7 Å². The van der Waals surface area contributed by atoms with E-state index in [1.807, 2.05) is 0 Å². The van der Waals surface area contributed by atoms with Crippen LogP contribution in [0.5, 0.6) is 0 Å². The first kappa shape index (κ1) is 6.19. The third-order valence-electron chi connectivity index (χ3n) is 0.675. The molecule has 0 amide bonds. The minimum absolute atomic E-state index is 0.226. The molecule has 1 heterocycles. The van der Waals surface area contributed by atoms with Gasteiger partial charge in [0.05, 0.1) is 0 Å². The Kier molecular flexibility index (Phi) is 1.99. The van der Waals surface area contributed by atoms with Gasteiger partial charge in [-0.3, -0.25) is 0 Å². The predicted octanol–water partition coefficient (Wildman–Crippen LogP) is 0.400. The summed E-state index contributed by atoms with van der Waals surface area (Å²) in [7, 11) is 0. The van der Waals surface area contributed by atoms with Crippen molar-refractivity contribution in [1.82, 2.24) is 16.2 Å². The minimum Gasteiger partial charge on any atom is -0.360 e. The van der Waals surface area contributed by atoms with Crippen molar-refractivity contribution in [2.45, 2.75) is 5.62 Å². The highest BCUT2D eigenvalue weighted by Gasteiger charge is 2.04. The van der Waals surface area contributed by atoms with Crippen LogP contribution in [0.4, 0.5) is 0 Å². The highest BCUT2D eigenvalue weighted by atomic mass is 79.9. The molecule has 46 valence electrons. The summed E-state index contributed by atoms with van der Waals surface area (Å²) < 4.78 is 0.842. The molecule has 0 saturated heterocycles. The van der Waals surface area contributed by atoms with E-state index in [4.69, 9.17) is 11.6 Å². The second-order valence-electron chi connectivity index (χ2n) is 1.29. The summed E-state index contributed by atoms with van der Waals surface area (Å²) >= 11 is 8.71. The average molecular weight is 198 g/mol. The zero-order valence-electron chi connectivity index (χ0n) is 3.91. The second kappa shape index (κ2) is 2.57. The maximum absolute atomic E-state index is 5.53. The van der Waals surface area contributed by atoms with Crippen LogP contribution in [0.2, 0.25) is 0 Å². The molecule has 0 aromatic carbocycles.